The number of benzene rings is 1. The Hall–Kier alpha value is -2.16. The summed E-state index contributed by atoms with van der Waals surface area (Å²) >= 11 is 0. The number of nitrogens with one attached hydrogen (secondary N) is 3. The van der Waals surface area contributed by atoms with Crippen molar-refractivity contribution in [1.82, 2.24) is 15.6 Å². The van der Waals surface area contributed by atoms with Gasteiger partial charge in [0.05, 0.1) is 6.54 Å². The topological polar surface area (TPSA) is 78.4 Å². The fraction of sp³-hybridized carbons (Fsp3) is 0.409. The van der Waals surface area contributed by atoms with Gasteiger partial charge in [-0.2, -0.15) is 0 Å². The van der Waals surface area contributed by atoms with Crippen LogP contribution in [0.1, 0.15) is 38.4 Å². The lowest BCUT2D eigenvalue weighted by Gasteiger charge is -2.12. The number of anilines is 1. The molecule has 2 aromatic rings. The lowest BCUT2D eigenvalue weighted by molar-refractivity contribution is -0.116. The van der Waals surface area contributed by atoms with Gasteiger partial charge in [-0.15, -0.1) is 24.0 Å². The molecule has 1 heterocycles. The van der Waals surface area contributed by atoms with Crippen molar-refractivity contribution in [3.63, 3.8) is 0 Å². The van der Waals surface area contributed by atoms with E-state index in [2.05, 4.69) is 25.9 Å². The molecule has 3 N–H and O–H groups in total. The van der Waals surface area contributed by atoms with Crippen LogP contribution in [0.15, 0.2) is 53.7 Å². The SMILES string of the molecule is CCNC(=NCc1cccc(NC(=O)CC(C)C)c1)NCCc1ccccn1.I. The Morgan fingerprint density at radius 3 is 2.66 bits per heavy atom. The summed E-state index contributed by atoms with van der Waals surface area (Å²) < 4.78 is 0. The third kappa shape index (κ3) is 10.3. The van der Waals surface area contributed by atoms with Gasteiger partial charge in [0.1, 0.15) is 0 Å². The Labute approximate surface area is 191 Å². The first kappa shape index (κ1) is 24.9. The number of pyridine rings is 1. The first-order chi connectivity index (χ1) is 13.6. The zero-order valence-corrected chi connectivity index (χ0v) is 19.8. The molecule has 0 aliphatic carbocycles. The molecule has 0 atom stereocenters. The van der Waals surface area contributed by atoms with E-state index in [1.165, 1.54) is 0 Å². The van der Waals surface area contributed by atoms with Gasteiger partial charge in [0, 0.05) is 43.5 Å². The minimum atomic E-state index is 0. The van der Waals surface area contributed by atoms with Crippen LogP contribution >= 0.6 is 24.0 Å². The molecule has 6 nitrogen and oxygen atoms in total. The molecule has 0 fully saturated rings. The third-order valence-electron chi connectivity index (χ3n) is 3.97. The fourth-order valence-corrected chi connectivity index (χ4v) is 2.70. The Kier molecular flexibility index (Phi) is 11.9. The molecule has 0 saturated heterocycles. The summed E-state index contributed by atoms with van der Waals surface area (Å²) in [6.07, 6.45) is 3.16. The number of aliphatic imine (C=N–C) groups is 1. The van der Waals surface area contributed by atoms with Crippen molar-refractivity contribution in [2.24, 2.45) is 10.9 Å². The molecular weight excluding hydrogens is 477 g/mol. The van der Waals surface area contributed by atoms with Crippen molar-refractivity contribution < 1.29 is 4.79 Å². The van der Waals surface area contributed by atoms with Gasteiger partial charge >= 0.3 is 0 Å². The Bertz CT molecular complexity index is 765. The van der Waals surface area contributed by atoms with Gasteiger partial charge < -0.3 is 16.0 Å². The number of rotatable bonds is 9. The van der Waals surface area contributed by atoms with Gasteiger partial charge in [0.25, 0.3) is 0 Å². The molecule has 1 aromatic carbocycles. The predicted molar refractivity (Wildman–Crippen MR) is 131 cm³/mol. The highest BCUT2D eigenvalue weighted by Gasteiger charge is 2.06. The van der Waals surface area contributed by atoms with E-state index in [0.717, 1.165) is 42.4 Å². The summed E-state index contributed by atoms with van der Waals surface area (Å²) in [5.74, 6) is 1.15. The van der Waals surface area contributed by atoms with Crippen molar-refractivity contribution >= 4 is 41.5 Å². The number of hydrogen-bond acceptors (Lipinski definition) is 3. The molecule has 0 aliphatic heterocycles. The number of carbonyl (C=O) groups excluding carboxylic acids is 1. The van der Waals surface area contributed by atoms with E-state index in [-0.39, 0.29) is 29.9 Å². The highest BCUT2D eigenvalue weighted by molar-refractivity contribution is 14.0. The summed E-state index contributed by atoms with van der Waals surface area (Å²) in [5.41, 5.74) is 2.91. The lowest BCUT2D eigenvalue weighted by Crippen LogP contribution is -2.38. The van der Waals surface area contributed by atoms with Crippen LogP contribution in [0.2, 0.25) is 0 Å². The van der Waals surface area contributed by atoms with Crippen LogP contribution in [0.25, 0.3) is 0 Å². The second kappa shape index (κ2) is 13.9. The molecule has 0 radical (unpaired) electrons. The maximum absolute atomic E-state index is 12.0. The fourth-order valence-electron chi connectivity index (χ4n) is 2.70. The maximum Gasteiger partial charge on any atom is 0.224 e. The van der Waals surface area contributed by atoms with Gasteiger partial charge in [0.15, 0.2) is 5.96 Å². The molecule has 29 heavy (non-hydrogen) atoms. The Morgan fingerprint density at radius 2 is 1.97 bits per heavy atom. The monoisotopic (exact) mass is 509 g/mol. The largest absolute Gasteiger partial charge is 0.357 e. The van der Waals surface area contributed by atoms with E-state index in [9.17, 15) is 4.79 Å². The predicted octanol–water partition coefficient (Wildman–Crippen LogP) is 3.98. The number of aromatic nitrogens is 1. The van der Waals surface area contributed by atoms with E-state index < -0.39 is 0 Å². The summed E-state index contributed by atoms with van der Waals surface area (Å²) in [5, 5.41) is 9.55. The second-order valence-corrected chi connectivity index (χ2v) is 7.04. The first-order valence-electron chi connectivity index (χ1n) is 9.87. The number of nitrogens with zero attached hydrogens (tertiary/aromatic N) is 2. The van der Waals surface area contributed by atoms with E-state index in [4.69, 9.17) is 0 Å². The minimum absolute atomic E-state index is 0. The standard InChI is InChI=1S/C22H31N5O.HI/c1-4-23-22(25-13-11-19-9-5-6-12-24-19)26-16-18-8-7-10-20(15-18)27-21(28)14-17(2)3;/h5-10,12,15,17H,4,11,13-14,16H2,1-3H3,(H,27,28)(H2,23,25,26);1H. The number of halogens is 1. The van der Waals surface area contributed by atoms with Crippen LogP contribution in [-0.2, 0) is 17.8 Å². The molecule has 1 aromatic heterocycles. The molecule has 0 unspecified atom stereocenters. The number of guanidine groups is 1. The Morgan fingerprint density at radius 1 is 1.14 bits per heavy atom. The highest BCUT2D eigenvalue weighted by atomic mass is 127. The molecular formula is C22H32IN5O. The quantitative estimate of drug-likeness (QED) is 0.272. The molecule has 7 heteroatoms. The lowest BCUT2D eigenvalue weighted by atomic mass is 10.1. The molecule has 0 saturated carbocycles. The van der Waals surface area contributed by atoms with Crippen LogP contribution in [0, 0.1) is 5.92 Å². The van der Waals surface area contributed by atoms with Crippen LogP contribution in [0.5, 0.6) is 0 Å². The molecule has 0 bridgehead atoms. The molecule has 0 spiro atoms. The van der Waals surface area contributed by atoms with Crippen molar-refractivity contribution in [2.45, 2.75) is 40.2 Å². The Balaban J connectivity index is 0.00000420. The second-order valence-electron chi connectivity index (χ2n) is 7.04. The zero-order chi connectivity index (χ0) is 20.2. The molecule has 158 valence electrons. The van der Waals surface area contributed by atoms with Crippen LogP contribution in [0.3, 0.4) is 0 Å². The third-order valence-corrected chi connectivity index (χ3v) is 3.97. The van der Waals surface area contributed by atoms with Crippen LogP contribution in [-0.4, -0.2) is 29.9 Å². The summed E-state index contributed by atoms with van der Waals surface area (Å²) in [4.78, 5) is 20.9. The van der Waals surface area contributed by atoms with E-state index >= 15 is 0 Å². The summed E-state index contributed by atoms with van der Waals surface area (Å²) in [7, 11) is 0. The summed E-state index contributed by atoms with van der Waals surface area (Å²) in [6.45, 7) is 8.20. The minimum Gasteiger partial charge on any atom is -0.357 e. The van der Waals surface area contributed by atoms with Crippen molar-refractivity contribution in [3.05, 3.63) is 59.9 Å². The average Bonchev–Trinajstić information content (AvgIpc) is 2.66. The van der Waals surface area contributed by atoms with Gasteiger partial charge in [-0.3, -0.25) is 9.78 Å². The van der Waals surface area contributed by atoms with Gasteiger partial charge in [-0.1, -0.05) is 32.0 Å². The molecule has 1 amide bonds. The van der Waals surface area contributed by atoms with Crippen molar-refractivity contribution in [3.8, 4) is 0 Å². The first-order valence-corrected chi connectivity index (χ1v) is 9.87. The zero-order valence-electron chi connectivity index (χ0n) is 17.4. The maximum atomic E-state index is 12.0. The average molecular weight is 509 g/mol. The number of carbonyl (C=O) groups is 1. The van der Waals surface area contributed by atoms with Crippen LogP contribution in [0.4, 0.5) is 5.69 Å². The normalized spacial score (nSPS) is 11.0. The molecule has 0 aliphatic rings. The van der Waals surface area contributed by atoms with Gasteiger partial charge in [-0.25, -0.2) is 4.99 Å². The van der Waals surface area contributed by atoms with Crippen molar-refractivity contribution in [2.75, 3.05) is 18.4 Å². The number of hydrogen-bond donors (Lipinski definition) is 3. The van der Waals surface area contributed by atoms with E-state index in [1.807, 2.05) is 69.4 Å². The van der Waals surface area contributed by atoms with Gasteiger partial charge in [0.2, 0.25) is 5.91 Å². The highest BCUT2D eigenvalue weighted by Crippen LogP contribution is 2.13. The smallest absolute Gasteiger partial charge is 0.224 e. The molecule has 2 rings (SSSR count). The van der Waals surface area contributed by atoms with E-state index in [0.29, 0.717) is 18.9 Å². The van der Waals surface area contributed by atoms with E-state index in [1.54, 1.807) is 0 Å². The van der Waals surface area contributed by atoms with Crippen molar-refractivity contribution in [1.29, 1.82) is 0 Å². The summed E-state index contributed by atoms with van der Waals surface area (Å²) in [6, 6.07) is 13.8. The van der Waals surface area contributed by atoms with Crippen LogP contribution < -0.4 is 16.0 Å². The number of amides is 1. The van der Waals surface area contributed by atoms with Gasteiger partial charge in [-0.05, 0) is 42.7 Å².